The lowest BCUT2D eigenvalue weighted by Crippen LogP contribution is -2.59. The van der Waals surface area contributed by atoms with Gasteiger partial charge in [0, 0.05) is 30.4 Å². The van der Waals surface area contributed by atoms with E-state index in [1.807, 2.05) is 20.8 Å². The normalized spacial score (nSPS) is 20.3. The highest BCUT2D eigenvalue weighted by atomic mass is 19.4. The van der Waals surface area contributed by atoms with Crippen molar-refractivity contribution >= 4 is 22.5 Å². The first kappa shape index (κ1) is 29.5. The van der Waals surface area contributed by atoms with Crippen LogP contribution in [0.3, 0.4) is 0 Å². The van der Waals surface area contributed by atoms with E-state index in [1.165, 1.54) is 24.4 Å². The van der Waals surface area contributed by atoms with Crippen molar-refractivity contribution in [3.63, 3.8) is 0 Å². The zero-order chi connectivity index (χ0) is 30.4. The largest absolute Gasteiger partial charge is 0.406 e. The molecule has 2 atom stereocenters. The SMILES string of the molecule is CN1CC[C@@H](F)[C@](O)(Nc2cccc3c2cc(-c2noc(CNC(=O)c4cnn(C(C)(C)C)c4)n2)n3CC(F)(F)F)C1. The summed E-state index contributed by atoms with van der Waals surface area (Å²) < 4.78 is 63.7. The standard InChI is InChI=1S/C27H32F4N8O3/c1-25(2,3)39-13-16(11-33-39)24(40)32-12-22-34-23(36-42-22)20-10-17-18(35-26(41)14-37(4)9-8-21(26)28)6-5-7-19(17)38(20)15-27(29,30)31/h5-7,10-11,13,21,35,41H,8-9,12,14-15H2,1-4H3,(H,32,40)/t21-,26+/m1/s1. The quantitative estimate of drug-likeness (QED) is 0.218. The molecule has 4 heterocycles. The van der Waals surface area contributed by atoms with Crippen LogP contribution in [-0.4, -0.2) is 78.6 Å². The molecule has 3 N–H and O–H groups in total. The lowest BCUT2D eigenvalue weighted by molar-refractivity contribution is -0.139. The van der Waals surface area contributed by atoms with Crippen molar-refractivity contribution < 1.29 is 32.0 Å². The van der Waals surface area contributed by atoms with E-state index in [4.69, 9.17) is 4.52 Å². The van der Waals surface area contributed by atoms with Gasteiger partial charge in [-0.05, 0) is 52.4 Å². The summed E-state index contributed by atoms with van der Waals surface area (Å²) >= 11 is 0. The molecule has 1 amide bonds. The number of β-amino-alcohol motifs (C(OH)–C–C–N with tert-alkyl or cyclic N) is 1. The third-order valence-electron chi connectivity index (χ3n) is 7.06. The summed E-state index contributed by atoms with van der Waals surface area (Å²) in [5.74, 6) is -0.598. The average Bonchev–Trinajstić information content (AvgIpc) is 3.63. The number of carbonyl (C=O) groups excluding carboxylic acids is 1. The van der Waals surface area contributed by atoms with Gasteiger partial charge in [-0.3, -0.25) is 9.48 Å². The summed E-state index contributed by atoms with van der Waals surface area (Å²) in [6.45, 7) is 4.73. The van der Waals surface area contributed by atoms with Crippen LogP contribution >= 0.6 is 0 Å². The van der Waals surface area contributed by atoms with Crippen LogP contribution in [0.4, 0.5) is 23.2 Å². The molecule has 0 spiro atoms. The van der Waals surface area contributed by atoms with Crippen molar-refractivity contribution in [2.45, 2.75) is 63.9 Å². The Labute approximate surface area is 238 Å². The van der Waals surface area contributed by atoms with Crippen molar-refractivity contribution in [1.82, 2.24) is 34.7 Å². The third-order valence-corrected chi connectivity index (χ3v) is 7.06. The van der Waals surface area contributed by atoms with E-state index in [2.05, 4.69) is 25.9 Å². The highest BCUT2D eigenvalue weighted by Crippen LogP contribution is 2.36. The minimum absolute atomic E-state index is 0.00564. The molecule has 4 aromatic rings. The number of carbonyl (C=O) groups is 1. The molecule has 15 heteroatoms. The number of anilines is 1. The van der Waals surface area contributed by atoms with E-state index in [0.29, 0.717) is 17.5 Å². The van der Waals surface area contributed by atoms with Crippen LogP contribution in [-0.2, 0) is 18.6 Å². The summed E-state index contributed by atoms with van der Waals surface area (Å²) in [6.07, 6.45) is -3.05. The van der Waals surface area contributed by atoms with Gasteiger partial charge in [-0.2, -0.15) is 23.3 Å². The average molecular weight is 593 g/mol. The molecule has 3 aromatic heterocycles. The van der Waals surface area contributed by atoms with Crippen LogP contribution in [0.1, 0.15) is 43.4 Å². The number of fused-ring (bicyclic) bond motifs is 1. The second-order valence-corrected chi connectivity index (χ2v) is 11.6. The van der Waals surface area contributed by atoms with Gasteiger partial charge in [-0.15, -0.1) is 0 Å². The Kier molecular flexibility index (Phi) is 7.51. The first-order chi connectivity index (χ1) is 19.6. The third kappa shape index (κ3) is 6.11. The predicted octanol–water partition coefficient (Wildman–Crippen LogP) is 3.91. The number of hydrogen-bond acceptors (Lipinski definition) is 8. The summed E-state index contributed by atoms with van der Waals surface area (Å²) in [5, 5.41) is 24.9. The lowest BCUT2D eigenvalue weighted by Gasteiger charge is -2.41. The van der Waals surface area contributed by atoms with Crippen molar-refractivity contribution in [3.05, 3.63) is 48.1 Å². The number of aromatic nitrogens is 5. The molecule has 0 saturated carbocycles. The van der Waals surface area contributed by atoms with Gasteiger partial charge < -0.3 is 29.7 Å². The Morgan fingerprint density at radius 2 is 2.02 bits per heavy atom. The minimum atomic E-state index is -4.59. The number of alkyl halides is 4. The molecular formula is C27H32F4N8O3. The second kappa shape index (κ2) is 10.7. The predicted molar refractivity (Wildman–Crippen MR) is 145 cm³/mol. The summed E-state index contributed by atoms with van der Waals surface area (Å²) in [4.78, 5) is 18.6. The van der Waals surface area contributed by atoms with Gasteiger partial charge in [0.1, 0.15) is 12.7 Å². The highest BCUT2D eigenvalue weighted by molar-refractivity contribution is 5.96. The number of amides is 1. The van der Waals surface area contributed by atoms with Gasteiger partial charge in [0.25, 0.3) is 5.91 Å². The van der Waals surface area contributed by atoms with Gasteiger partial charge in [0.2, 0.25) is 11.7 Å². The Hall–Kier alpha value is -3.98. The van der Waals surface area contributed by atoms with Crippen LogP contribution < -0.4 is 10.6 Å². The van der Waals surface area contributed by atoms with Gasteiger partial charge >= 0.3 is 6.18 Å². The van der Waals surface area contributed by atoms with Crippen LogP contribution in [0.2, 0.25) is 0 Å². The van der Waals surface area contributed by atoms with E-state index in [1.54, 1.807) is 28.9 Å². The van der Waals surface area contributed by atoms with Crippen molar-refractivity contribution in [2.75, 3.05) is 25.5 Å². The summed E-state index contributed by atoms with van der Waals surface area (Å²) in [5.41, 5.74) is -1.52. The molecule has 1 aliphatic rings. The topological polar surface area (TPSA) is 126 Å². The van der Waals surface area contributed by atoms with E-state index in [9.17, 15) is 27.5 Å². The van der Waals surface area contributed by atoms with Gasteiger partial charge in [0.05, 0.1) is 35.1 Å². The molecule has 0 radical (unpaired) electrons. The van der Waals surface area contributed by atoms with E-state index in [0.717, 1.165) is 4.57 Å². The number of likely N-dealkylation sites (tertiary alicyclic amines) is 1. The zero-order valence-electron chi connectivity index (χ0n) is 23.5. The number of nitrogens with zero attached hydrogens (tertiary/aromatic N) is 6. The minimum Gasteiger partial charge on any atom is -0.367 e. The highest BCUT2D eigenvalue weighted by Gasteiger charge is 2.42. The Balaban J connectivity index is 1.43. The smallest absolute Gasteiger partial charge is 0.367 e. The van der Waals surface area contributed by atoms with Crippen LogP contribution in [0.25, 0.3) is 22.4 Å². The van der Waals surface area contributed by atoms with Crippen molar-refractivity contribution in [3.8, 4) is 11.5 Å². The van der Waals surface area contributed by atoms with Gasteiger partial charge in [-0.25, -0.2) is 4.39 Å². The molecule has 1 aromatic carbocycles. The molecule has 5 rings (SSSR count). The van der Waals surface area contributed by atoms with E-state index >= 15 is 0 Å². The van der Waals surface area contributed by atoms with Crippen molar-refractivity contribution in [1.29, 1.82) is 0 Å². The molecule has 42 heavy (non-hydrogen) atoms. The Morgan fingerprint density at radius 3 is 2.71 bits per heavy atom. The number of benzene rings is 1. The number of aliphatic hydroxyl groups is 1. The molecule has 1 fully saturated rings. The summed E-state index contributed by atoms with van der Waals surface area (Å²) in [6, 6.07) is 5.99. The maximum Gasteiger partial charge on any atom is 0.406 e. The number of halogens is 4. The number of hydrogen-bond donors (Lipinski definition) is 3. The van der Waals surface area contributed by atoms with Crippen LogP contribution in [0, 0.1) is 0 Å². The van der Waals surface area contributed by atoms with E-state index in [-0.39, 0.29) is 53.7 Å². The maximum absolute atomic E-state index is 14.8. The van der Waals surface area contributed by atoms with Gasteiger partial charge in [-0.1, -0.05) is 11.2 Å². The maximum atomic E-state index is 14.8. The Bertz CT molecular complexity index is 1590. The van der Waals surface area contributed by atoms with E-state index < -0.39 is 30.5 Å². The fraction of sp³-hybridized carbons (Fsp3) is 0.481. The number of rotatable bonds is 7. The molecule has 1 saturated heterocycles. The molecule has 1 aliphatic heterocycles. The monoisotopic (exact) mass is 592 g/mol. The molecule has 11 nitrogen and oxygen atoms in total. The first-order valence-corrected chi connectivity index (χ1v) is 13.3. The Morgan fingerprint density at radius 1 is 1.26 bits per heavy atom. The molecule has 226 valence electrons. The number of piperidine rings is 1. The molecule has 0 unspecified atom stereocenters. The lowest BCUT2D eigenvalue weighted by atomic mass is 9.99. The second-order valence-electron chi connectivity index (χ2n) is 11.6. The fourth-order valence-corrected chi connectivity index (χ4v) is 4.94. The molecule has 0 bridgehead atoms. The van der Waals surface area contributed by atoms with Crippen LogP contribution in [0.5, 0.6) is 0 Å². The molecule has 0 aliphatic carbocycles. The zero-order valence-corrected chi connectivity index (χ0v) is 23.5. The van der Waals surface area contributed by atoms with Crippen LogP contribution in [0.15, 0.2) is 41.2 Å². The summed E-state index contributed by atoms with van der Waals surface area (Å²) in [7, 11) is 1.74. The molecular weight excluding hydrogens is 560 g/mol. The number of nitrogens with one attached hydrogen (secondary N) is 2. The fourth-order valence-electron chi connectivity index (χ4n) is 4.94. The number of likely N-dealkylation sites (N-methyl/N-ethyl adjacent to an activating group) is 1. The first-order valence-electron chi connectivity index (χ1n) is 13.3. The van der Waals surface area contributed by atoms with Crippen molar-refractivity contribution in [2.24, 2.45) is 0 Å². The van der Waals surface area contributed by atoms with Gasteiger partial charge in [0.15, 0.2) is 5.72 Å².